The molecule has 0 aliphatic heterocycles. The third-order valence-corrected chi connectivity index (χ3v) is 2.36. The number of carbonyl (C=O) groups is 1. The first-order valence-electron chi connectivity index (χ1n) is 5.59. The minimum Gasteiger partial charge on any atom is -0.477 e. The summed E-state index contributed by atoms with van der Waals surface area (Å²) < 4.78 is 10.1. The summed E-state index contributed by atoms with van der Waals surface area (Å²) in [7, 11) is 1.56. The van der Waals surface area contributed by atoms with Gasteiger partial charge in [0.15, 0.2) is 11.6 Å². The summed E-state index contributed by atoms with van der Waals surface area (Å²) in [5, 5.41) is 12.0. The lowest BCUT2D eigenvalue weighted by Crippen LogP contribution is -2.13. The minimum atomic E-state index is -1.09. The summed E-state index contributed by atoms with van der Waals surface area (Å²) >= 11 is 0. The molecule has 0 aliphatic rings. The second-order valence-corrected chi connectivity index (χ2v) is 3.66. The first kappa shape index (κ1) is 13.0. The normalized spacial score (nSPS) is 10.4. The highest BCUT2D eigenvalue weighted by molar-refractivity contribution is 5.93. The van der Waals surface area contributed by atoms with Gasteiger partial charge >= 0.3 is 5.97 Å². The van der Waals surface area contributed by atoms with Crippen molar-refractivity contribution in [1.29, 1.82) is 0 Å². The quantitative estimate of drug-likeness (QED) is 0.762. The van der Waals surface area contributed by atoms with Crippen LogP contribution in [0, 0.1) is 0 Å². The lowest BCUT2D eigenvalue weighted by Gasteiger charge is -2.08. The number of aromatic nitrogens is 2. The molecule has 0 unspecified atom stereocenters. The van der Waals surface area contributed by atoms with Crippen LogP contribution in [0.25, 0.3) is 11.6 Å². The fourth-order valence-electron chi connectivity index (χ4n) is 1.47. The molecular formula is C12H13N3O4. The van der Waals surface area contributed by atoms with Crippen LogP contribution in [0.1, 0.15) is 10.4 Å². The van der Waals surface area contributed by atoms with Crippen LogP contribution >= 0.6 is 0 Å². The Labute approximate surface area is 109 Å². The van der Waals surface area contributed by atoms with E-state index in [2.05, 4.69) is 15.3 Å². The summed E-state index contributed by atoms with van der Waals surface area (Å²) in [4.78, 5) is 19.2. The van der Waals surface area contributed by atoms with Crippen LogP contribution in [0.5, 0.6) is 0 Å². The molecule has 2 heterocycles. The monoisotopic (exact) mass is 263 g/mol. The van der Waals surface area contributed by atoms with E-state index in [0.29, 0.717) is 24.7 Å². The van der Waals surface area contributed by atoms with Crippen LogP contribution in [0.3, 0.4) is 0 Å². The molecule has 7 heteroatoms. The van der Waals surface area contributed by atoms with E-state index < -0.39 is 5.97 Å². The smallest absolute Gasteiger partial charge is 0.341 e. The number of carboxylic acids is 1. The number of rotatable bonds is 6. The predicted octanol–water partition coefficient (Wildman–Crippen LogP) is 1.49. The average Bonchev–Trinajstić information content (AvgIpc) is 2.92. The standard InChI is InChI=1S/C12H13N3O4/c1-18-6-4-13-10-8(12(16)17)7-14-11(15-10)9-3-2-5-19-9/h2-3,5,7H,4,6H2,1H3,(H,16,17)(H,13,14,15). The Morgan fingerprint density at radius 1 is 1.58 bits per heavy atom. The van der Waals surface area contributed by atoms with Crippen molar-refractivity contribution < 1.29 is 19.1 Å². The van der Waals surface area contributed by atoms with Crippen LogP contribution in [0.4, 0.5) is 5.82 Å². The molecule has 19 heavy (non-hydrogen) atoms. The number of carboxylic acid groups (broad SMARTS) is 1. The second kappa shape index (κ2) is 5.96. The van der Waals surface area contributed by atoms with Gasteiger partial charge < -0.3 is 19.6 Å². The number of nitrogens with one attached hydrogen (secondary N) is 1. The first-order valence-corrected chi connectivity index (χ1v) is 5.59. The summed E-state index contributed by atoms with van der Waals surface area (Å²) in [5.41, 5.74) is 0.00593. The van der Waals surface area contributed by atoms with Crippen molar-refractivity contribution in [3.63, 3.8) is 0 Å². The largest absolute Gasteiger partial charge is 0.477 e. The number of hydrogen-bond acceptors (Lipinski definition) is 6. The van der Waals surface area contributed by atoms with Crippen molar-refractivity contribution in [2.75, 3.05) is 25.6 Å². The molecule has 0 saturated carbocycles. The Morgan fingerprint density at radius 3 is 3.05 bits per heavy atom. The lowest BCUT2D eigenvalue weighted by molar-refractivity contribution is 0.0697. The number of hydrogen-bond donors (Lipinski definition) is 2. The van der Waals surface area contributed by atoms with Gasteiger partial charge in [0, 0.05) is 19.9 Å². The third-order valence-electron chi connectivity index (χ3n) is 2.36. The molecule has 2 aromatic heterocycles. The molecule has 2 N–H and O–H groups in total. The molecule has 0 radical (unpaired) electrons. The molecule has 0 saturated heterocycles. The number of anilines is 1. The highest BCUT2D eigenvalue weighted by atomic mass is 16.5. The Morgan fingerprint density at radius 2 is 2.42 bits per heavy atom. The van der Waals surface area contributed by atoms with Crippen LogP contribution < -0.4 is 5.32 Å². The van der Waals surface area contributed by atoms with Crippen molar-refractivity contribution in [2.24, 2.45) is 0 Å². The van der Waals surface area contributed by atoms with Gasteiger partial charge in [-0.2, -0.15) is 0 Å². The molecule has 100 valence electrons. The molecule has 2 rings (SSSR count). The number of aromatic carboxylic acids is 1. The van der Waals surface area contributed by atoms with Gasteiger partial charge in [-0.15, -0.1) is 0 Å². The minimum absolute atomic E-state index is 0.00593. The first-order chi connectivity index (χ1) is 9.22. The van der Waals surface area contributed by atoms with Gasteiger partial charge in [-0.3, -0.25) is 0 Å². The summed E-state index contributed by atoms with van der Waals surface area (Å²) in [6.45, 7) is 0.893. The Balaban J connectivity index is 2.30. The fourth-order valence-corrected chi connectivity index (χ4v) is 1.47. The maximum Gasteiger partial charge on any atom is 0.341 e. The van der Waals surface area contributed by atoms with Gasteiger partial charge in [0.25, 0.3) is 0 Å². The Hall–Kier alpha value is -2.41. The van der Waals surface area contributed by atoms with E-state index in [9.17, 15) is 4.79 Å². The van der Waals surface area contributed by atoms with E-state index in [0.717, 1.165) is 0 Å². The van der Waals surface area contributed by atoms with Gasteiger partial charge in [-0.05, 0) is 12.1 Å². The van der Waals surface area contributed by atoms with E-state index in [-0.39, 0.29) is 11.4 Å². The number of furan rings is 1. The lowest BCUT2D eigenvalue weighted by atomic mass is 10.3. The SMILES string of the molecule is COCCNc1nc(-c2ccco2)ncc1C(=O)O. The van der Waals surface area contributed by atoms with Gasteiger partial charge in [0.05, 0.1) is 12.9 Å². The van der Waals surface area contributed by atoms with Gasteiger partial charge in [-0.1, -0.05) is 0 Å². The van der Waals surface area contributed by atoms with E-state index in [4.69, 9.17) is 14.3 Å². The molecule has 7 nitrogen and oxygen atoms in total. The van der Waals surface area contributed by atoms with Crippen molar-refractivity contribution in [3.05, 3.63) is 30.2 Å². The summed E-state index contributed by atoms with van der Waals surface area (Å²) in [6, 6.07) is 3.41. The number of ether oxygens (including phenoxy) is 1. The average molecular weight is 263 g/mol. The summed E-state index contributed by atoms with van der Waals surface area (Å²) in [5.74, 6) is -0.0430. The number of nitrogens with zero attached hydrogens (tertiary/aromatic N) is 2. The zero-order valence-corrected chi connectivity index (χ0v) is 10.3. The predicted molar refractivity (Wildman–Crippen MR) is 67.1 cm³/mol. The fraction of sp³-hybridized carbons (Fsp3) is 0.250. The Bertz CT molecular complexity index is 554. The molecule has 0 aliphatic carbocycles. The van der Waals surface area contributed by atoms with E-state index in [1.165, 1.54) is 12.5 Å². The zero-order valence-electron chi connectivity index (χ0n) is 10.3. The maximum absolute atomic E-state index is 11.1. The molecule has 0 amide bonds. The topological polar surface area (TPSA) is 97.5 Å². The summed E-state index contributed by atoms with van der Waals surface area (Å²) in [6.07, 6.45) is 2.75. The molecule has 0 aromatic carbocycles. The van der Waals surface area contributed by atoms with E-state index in [1.807, 2.05) is 0 Å². The molecule has 0 atom stereocenters. The third kappa shape index (κ3) is 3.08. The van der Waals surface area contributed by atoms with Crippen LogP contribution in [-0.2, 0) is 4.74 Å². The molecule has 0 fully saturated rings. The van der Waals surface area contributed by atoms with E-state index >= 15 is 0 Å². The zero-order chi connectivity index (χ0) is 13.7. The van der Waals surface area contributed by atoms with Gasteiger partial charge in [0.1, 0.15) is 11.4 Å². The second-order valence-electron chi connectivity index (χ2n) is 3.66. The van der Waals surface area contributed by atoms with Crippen LogP contribution in [0.15, 0.2) is 29.0 Å². The molecule has 2 aromatic rings. The van der Waals surface area contributed by atoms with E-state index in [1.54, 1.807) is 19.2 Å². The van der Waals surface area contributed by atoms with Crippen LogP contribution in [0.2, 0.25) is 0 Å². The van der Waals surface area contributed by atoms with Crippen LogP contribution in [-0.4, -0.2) is 41.3 Å². The molecule has 0 bridgehead atoms. The molecule has 0 spiro atoms. The highest BCUT2D eigenvalue weighted by Crippen LogP contribution is 2.19. The Kier molecular flexibility index (Phi) is 4.09. The number of methoxy groups -OCH3 is 1. The van der Waals surface area contributed by atoms with Crippen molar-refractivity contribution >= 4 is 11.8 Å². The van der Waals surface area contributed by atoms with Crippen molar-refractivity contribution in [1.82, 2.24) is 9.97 Å². The van der Waals surface area contributed by atoms with Crippen molar-refractivity contribution in [2.45, 2.75) is 0 Å². The molecular weight excluding hydrogens is 250 g/mol. The maximum atomic E-state index is 11.1. The highest BCUT2D eigenvalue weighted by Gasteiger charge is 2.15. The van der Waals surface area contributed by atoms with Crippen molar-refractivity contribution in [3.8, 4) is 11.6 Å². The van der Waals surface area contributed by atoms with Gasteiger partial charge in [0.2, 0.25) is 0 Å². The van der Waals surface area contributed by atoms with Gasteiger partial charge in [-0.25, -0.2) is 14.8 Å².